The third-order valence-electron chi connectivity index (χ3n) is 5.11. The van der Waals surface area contributed by atoms with Gasteiger partial charge in [0.05, 0.1) is 24.6 Å². The van der Waals surface area contributed by atoms with E-state index in [-0.39, 0.29) is 18.6 Å². The van der Waals surface area contributed by atoms with Gasteiger partial charge in [0.2, 0.25) is 0 Å². The summed E-state index contributed by atoms with van der Waals surface area (Å²) in [5.41, 5.74) is 4.90. The van der Waals surface area contributed by atoms with Gasteiger partial charge in [-0.1, -0.05) is 0 Å². The molecule has 1 atom stereocenters. The first-order chi connectivity index (χ1) is 14.0. The van der Waals surface area contributed by atoms with Crippen molar-refractivity contribution in [3.05, 3.63) is 24.0 Å². The van der Waals surface area contributed by atoms with Crippen LogP contribution in [0.1, 0.15) is 19.4 Å². The molecule has 3 N–H and O–H groups in total. The van der Waals surface area contributed by atoms with Crippen molar-refractivity contribution in [1.82, 2.24) is 10.3 Å². The van der Waals surface area contributed by atoms with E-state index in [0.717, 1.165) is 16.9 Å². The first kappa shape index (κ1) is 18.9. The first-order valence-electron chi connectivity index (χ1n) is 9.47. The monoisotopic (exact) mass is 401 g/mol. The number of carboxylic acid groups (broad SMARTS) is 1. The topological polar surface area (TPSA) is 116 Å². The molecule has 1 fully saturated rings. The van der Waals surface area contributed by atoms with Crippen molar-refractivity contribution in [3.8, 4) is 5.75 Å². The van der Waals surface area contributed by atoms with Gasteiger partial charge in [-0.25, -0.2) is 10.2 Å². The Morgan fingerprint density at radius 3 is 3.00 bits per heavy atom. The maximum atomic E-state index is 12.1. The van der Waals surface area contributed by atoms with Crippen molar-refractivity contribution >= 4 is 35.3 Å². The van der Waals surface area contributed by atoms with Crippen molar-refractivity contribution < 1.29 is 24.2 Å². The highest BCUT2D eigenvalue weighted by Crippen LogP contribution is 2.40. The Morgan fingerprint density at radius 2 is 2.28 bits per heavy atom. The van der Waals surface area contributed by atoms with Gasteiger partial charge in [0, 0.05) is 24.3 Å². The molecular formula is C19H23N5O5. The Hall–Kier alpha value is -3.43. The fourth-order valence-electron chi connectivity index (χ4n) is 3.51. The molecule has 4 rings (SSSR count). The van der Waals surface area contributed by atoms with E-state index in [4.69, 9.17) is 14.6 Å². The lowest BCUT2D eigenvalue weighted by atomic mass is 10.0. The summed E-state index contributed by atoms with van der Waals surface area (Å²) in [4.78, 5) is 26.4. The molecule has 1 aromatic rings. The highest BCUT2D eigenvalue weighted by atomic mass is 16.5. The summed E-state index contributed by atoms with van der Waals surface area (Å²) in [6.07, 6.45) is 2.52. The number of rotatable bonds is 5. The molecule has 0 aromatic heterocycles. The molecule has 0 bridgehead atoms. The van der Waals surface area contributed by atoms with Gasteiger partial charge >= 0.3 is 6.09 Å². The highest BCUT2D eigenvalue weighted by molar-refractivity contribution is 6.09. The average molecular weight is 401 g/mol. The van der Waals surface area contributed by atoms with Crippen LogP contribution in [-0.4, -0.2) is 66.2 Å². The molecule has 10 heteroatoms. The number of fused-ring (bicyclic) bond motifs is 3. The minimum Gasteiger partial charge on any atom is -0.501 e. The molecule has 3 aliphatic rings. The van der Waals surface area contributed by atoms with Gasteiger partial charge in [-0.2, -0.15) is 5.10 Å². The summed E-state index contributed by atoms with van der Waals surface area (Å²) < 4.78 is 11.2. The van der Waals surface area contributed by atoms with E-state index in [9.17, 15) is 9.59 Å². The number of benzene rings is 1. The number of likely N-dealkylation sites (tertiary alicyclic amines) is 1. The smallest absolute Gasteiger partial charge is 0.407 e. The number of nitrogens with zero attached hydrogens (tertiary/aromatic N) is 3. The second-order valence-electron chi connectivity index (χ2n) is 7.03. The Balaban J connectivity index is 1.67. The first-order valence-corrected chi connectivity index (χ1v) is 9.47. The molecule has 10 nitrogen and oxygen atoms in total. The van der Waals surface area contributed by atoms with Crippen molar-refractivity contribution in [2.75, 3.05) is 36.5 Å². The molecule has 0 aliphatic carbocycles. The number of hydrazone groups is 1. The molecule has 1 unspecified atom stereocenters. The molecule has 1 saturated heterocycles. The molecule has 154 valence electrons. The van der Waals surface area contributed by atoms with E-state index >= 15 is 0 Å². The van der Waals surface area contributed by atoms with Crippen LogP contribution < -0.4 is 20.4 Å². The lowest BCUT2D eigenvalue weighted by Crippen LogP contribution is -2.57. The molecule has 3 heterocycles. The van der Waals surface area contributed by atoms with Crippen molar-refractivity contribution in [3.63, 3.8) is 0 Å². The van der Waals surface area contributed by atoms with Crippen LogP contribution in [0.4, 0.5) is 16.2 Å². The molecular weight excluding hydrogens is 378 g/mol. The van der Waals surface area contributed by atoms with E-state index in [1.165, 1.54) is 4.90 Å². The van der Waals surface area contributed by atoms with Crippen LogP contribution in [0.15, 0.2) is 23.5 Å². The number of amidine groups is 1. The van der Waals surface area contributed by atoms with Crippen molar-refractivity contribution in [2.24, 2.45) is 5.10 Å². The molecule has 0 spiro atoms. The van der Waals surface area contributed by atoms with Crippen molar-refractivity contribution in [1.29, 1.82) is 0 Å². The number of carbonyl (C=O) groups excluding carboxylic acids is 1. The highest BCUT2D eigenvalue weighted by Gasteiger charge is 2.36. The largest absolute Gasteiger partial charge is 0.501 e. The SMILES string of the molecule is CCOC=Cc1cc2c(cc1NC1CN(C(=O)O)C1)N1C(=NNC(=O)C1C)CO2. The summed E-state index contributed by atoms with van der Waals surface area (Å²) in [7, 11) is 0. The van der Waals surface area contributed by atoms with Crippen LogP contribution in [0.25, 0.3) is 6.08 Å². The summed E-state index contributed by atoms with van der Waals surface area (Å²) >= 11 is 0. The minimum absolute atomic E-state index is 0.00289. The number of carbonyl (C=O) groups is 2. The van der Waals surface area contributed by atoms with Gasteiger partial charge in [0.1, 0.15) is 18.4 Å². The second-order valence-corrected chi connectivity index (χ2v) is 7.03. The summed E-state index contributed by atoms with van der Waals surface area (Å²) in [6.45, 7) is 5.34. The zero-order valence-electron chi connectivity index (χ0n) is 16.2. The Kier molecular flexibility index (Phi) is 4.91. The van der Waals surface area contributed by atoms with Gasteiger partial charge in [0.25, 0.3) is 5.91 Å². The van der Waals surface area contributed by atoms with Crippen LogP contribution in [0, 0.1) is 0 Å². The van der Waals surface area contributed by atoms with E-state index in [1.54, 1.807) is 6.26 Å². The number of anilines is 2. The van der Waals surface area contributed by atoms with Gasteiger partial charge in [0.15, 0.2) is 5.84 Å². The summed E-state index contributed by atoms with van der Waals surface area (Å²) in [6, 6.07) is 3.38. The maximum Gasteiger partial charge on any atom is 0.407 e. The summed E-state index contributed by atoms with van der Waals surface area (Å²) in [5.74, 6) is 1.09. The second kappa shape index (κ2) is 7.53. The summed E-state index contributed by atoms with van der Waals surface area (Å²) in [5, 5.41) is 16.6. The Bertz CT molecular complexity index is 893. The third-order valence-corrected chi connectivity index (χ3v) is 5.11. The standard InChI is InChI=1S/C19H23N5O5/c1-3-28-5-4-12-6-16-15(7-14(12)20-13-8-23(9-13)19(26)27)24-11(2)18(25)22-21-17(24)10-29-16/h4-7,11,13,20H,3,8-10H2,1-2H3,(H,22,25)(H,26,27). The van der Waals surface area contributed by atoms with Gasteiger partial charge in [-0.05, 0) is 32.1 Å². The van der Waals surface area contributed by atoms with Crippen LogP contribution in [-0.2, 0) is 9.53 Å². The molecule has 1 aromatic carbocycles. The maximum absolute atomic E-state index is 12.1. The third kappa shape index (κ3) is 3.53. The van der Waals surface area contributed by atoms with E-state index < -0.39 is 12.1 Å². The zero-order valence-corrected chi connectivity index (χ0v) is 16.2. The molecule has 2 amide bonds. The van der Waals surface area contributed by atoms with Crippen LogP contribution in [0.5, 0.6) is 5.75 Å². The number of nitrogens with one attached hydrogen (secondary N) is 2. The van der Waals surface area contributed by atoms with Crippen LogP contribution in [0.3, 0.4) is 0 Å². The normalized spacial score (nSPS) is 20.8. The van der Waals surface area contributed by atoms with E-state index in [2.05, 4.69) is 15.8 Å². The molecule has 0 saturated carbocycles. The van der Waals surface area contributed by atoms with Crippen LogP contribution >= 0.6 is 0 Å². The van der Waals surface area contributed by atoms with E-state index in [0.29, 0.717) is 31.3 Å². The predicted octanol–water partition coefficient (Wildman–Crippen LogP) is 1.50. The fraction of sp³-hybridized carbons (Fsp3) is 0.421. The van der Waals surface area contributed by atoms with E-state index in [1.807, 2.05) is 37.0 Å². The van der Waals surface area contributed by atoms with Crippen LogP contribution in [0.2, 0.25) is 0 Å². The predicted molar refractivity (Wildman–Crippen MR) is 107 cm³/mol. The molecule has 3 aliphatic heterocycles. The Labute approximate surface area is 167 Å². The Morgan fingerprint density at radius 1 is 1.48 bits per heavy atom. The lowest BCUT2D eigenvalue weighted by Gasteiger charge is -2.40. The van der Waals surface area contributed by atoms with Gasteiger partial charge in [-0.3, -0.25) is 4.79 Å². The fourth-order valence-corrected chi connectivity index (χ4v) is 3.51. The number of hydrogen-bond acceptors (Lipinski definition) is 7. The molecule has 0 radical (unpaired) electrons. The number of amides is 2. The van der Waals surface area contributed by atoms with Crippen molar-refractivity contribution in [2.45, 2.75) is 25.9 Å². The number of ether oxygens (including phenoxy) is 2. The minimum atomic E-state index is -0.924. The number of hydrogen-bond donors (Lipinski definition) is 3. The average Bonchev–Trinajstić information content (AvgIpc) is 2.66. The lowest BCUT2D eigenvalue weighted by molar-refractivity contribution is -0.122. The van der Waals surface area contributed by atoms with Gasteiger partial charge < -0.3 is 29.7 Å². The molecule has 29 heavy (non-hydrogen) atoms. The van der Waals surface area contributed by atoms with Gasteiger partial charge in [-0.15, -0.1) is 0 Å². The zero-order chi connectivity index (χ0) is 20.5. The quantitative estimate of drug-likeness (QED) is 0.640.